The summed E-state index contributed by atoms with van der Waals surface area (Å²) >= 11 is 6.14. The predicted molar refractivity (Wildman–Crippen MR) is 123 cm³/mol. The van der Waals surface area contributed by atoms with Crippen molar-refractivity contribution in [3.05, 3.63) is 76.8 Å². The normalized spacial score (nSPS) is 12.8. The zero-order valence-electron chi connectivity index (χ0n) is 17.7. The number of rotatable bonds is 5. The second-order valence-electron chi connectivity index (χ2n) is 8.39. The average Bonchev–Trinajstić information content (AvgIpc) is 2.65. The van der Waals surface area contributed by atoms with Crippen LogP contribution >= 0.6 is 11.6 Å². The highest BCUT2D eigenvalue weighted by Crippen LogP contribution is 2.41. The number of aryl methyl sites for hydroxylation is 1. The maximum absolute atomic E-state index is 12.7. The number of Topliss-reactive ketones (excluding diaryl/α,β-unsaturated/α-hetero) is 1. The number of carbonyl (C=O) groups is 1. The summed E-state index contributed by atoms with van der Waals surface area (Å²) in [7, 11) is 0. The van der Waals surface area contributed by atoms with Gasteiger partial charge >= 0.3 is 0 Å². The molecule has 0 amide bonds. The van der Waals surface area contributed by atoms with Gasteiger partial charge in [-0.15, -0.1) is 0 Å². The molecule has 0 aromatic heterocycles. The third-order valence-corrected chi connectivity index (χ3v) is 5.14. The SMILES string of the molecule is C=Cc1ccc2cc(C)c(C(OC(C)(C)C)C(C)=O)c(-c3ccc(Cl)cc3)c2c1. The van der Waals surface area contributed by atoms with Crippen LogP contribution in [0.4, 0.5) is 0 Å². The maximum Gasteiger partial charge on any atom is 0.163 e. The van der Waals surface area contributed by atoms with E-state index in [4.69, 9.17) is 16.3 Å². The average molecular weight is 407 g/mol. The molecule has 0 aliphatic heterocycles. The Kier molecular flexibility index (Phi) is 5.97. The molecule has 0 N–H and O–H groups in total. The summed E-state index contributed by atoms with van der Waals surface area (Å²) in [5, 5.41) is 2.85. The van der Waals surface area contributed by atoms with Gasteiger partial charge in [0.15, 0.2) is 5.78 Å². The molecule has 0 aliphatic rings. The fourth-order valence-corrected chi connectivity index (χ4v) is 3.79. The predicted octanol–water partition coefficient (Wildman–Crippen LogP) is 7.56. The summed E-state index contributed by atoms with van der Waals surface area (Å²) in [5.74, 6) is -0.0162. The van der Waals surface area contributed by atoms with Gasteiger partial charge in [-0.3, -0.25) is 4.79 Å². The molecule has 29 heavy (non-hydrogen) atoms. The number of carbonyl (C=O) groups excluding carboxylic acids is 1. The molecule has 1 unspecified atom stereocenters. The van der Waals surface area contributed by atoms with E-state index < -0.39 is 11.7 Å². The molecular formula is C26H27ClO2. The number of benzene rings is 3. The molecule has 150 valence electrons. The maximum atomic E-state index is 12.7. The third kappa shape index (κ3) is 4.60. The van der Waals surface area contributed by atoms with E-state index in [1.807, 2.05) is 64.1 Å². The number of ether oxygens (including phenoxy) is 1. The van der Waals surface area contributed by atoms with Crippen molar-refractivity contribution in [3.63, 3.8) is 0 Å². The van der Waals surface area contributed by atoms with E-state index in [2.05, 4.69) is 24.8 Å². The van der Waals surface area contributed by atoms with Gasteiger partial charge in [-0.2, -0.15) is 0 Å². The van der Waals surface area contributed by atoms with Crippen LogP contribution in [0.1, 0.15) is 50.5 Å². The van der Waals surface area contributed by atoms with Gasteiger partial charge in [0.25, 0.3) is 0 Å². The monoisotopic (exact) mass is 406 g/mol. The molecule has 0 aliphatic carbocycles. The Morgan fingerprint density at radius 3 is 2.31 bits per heavy atom. The Morgan fingerprint density at radius 1 is 1.10 bits per heavy atom. The van der Waals surface area contributed by atoms with Gasteiger partial charge in [-0.25, -0.2) is 0 Å². The highest BCUT2D eigenvalue weighted by Gasteiger charge is 2.29. The lowest BCUT2D eigenvalue weighted by molar-refractivity contribution is -0.138. The quantitative estimate of drug-likeness (QED) is 0.437. The van der Waals surface area contributed by atoms with Crippen LogP contribution in [0.3, 0.4) is 0 Å². The molecule has 0 saturated carbocycles. The van der Waals surface area contributed by atoms with Crippen LogP contribution in [0.5, 0.6) is 0 Å². The number of hydrogen-bond donors (Lipinski definition) is 0. The molecule has 0 fully saturated rings. The molecule has 3 aromatic carbocycles. The first-order chi connectivity index (χ1) is 13.6. The van der Waals surface area contributed by atoms with Gasteiger partial charge in [0, 0.05) is 5.02 Å². The molecule has 0 saturated heterocycles. The fourth-order valence-electron chi connectivity index (χ4n) is 3.66. The van der Waals surface area contributed by atoms with Gasteiger partial charge < -0.3 is 4.74 Å². The van der Waals surface area contributed by atoms with Gasteiger partial charge in [0.1, 0.15) is 6.10 Å². The van der Waals surface area contributed by atoms with Crippen LogP contribution in [0.25, 0.3) is 28.0 Å². The summed E-state index contributed by atoms with van der Waals surface area (Å²) in [6, 6.07) is 16.1. The number of ketones is 1. The van der Waals surface area contributed by atoms with Gasteiger partial charge in [-0.1, -0.05) is 54.6 Å². The van der Waals surface area contributed by atoms with Gasteiger partial charge in [-0.05, 0) is 91.4 Å². The first-order valence-electron chi connectivity index (χ1n) is 9.74. The molecular weight excluding hydrogens is 380 g/mol. The molecule has 0 bridgehead atoms. The lowest BCUT2D eigenvalue weighted by Gasteiger charge is -2.29. The summed E-state index contributed by atoms with van der Waals surface area (Å²) in [4.78, 5) is 12.7. The molecule has 1 atom stereocenters. The van der Waals surface area contributed by atoms with E-state index in [0.717, 1.165) is 38.6 Å². The fraction of sp³-hybridized carbons (Fsp3) is 0.269. The zero-order chi connectivity index (χ0) is 21.3. The highest BCUT2D eigenvalue weighted by atomic mass is 35.5. The Morgan fingerprint density at radius 2 is 1.76 bits per heavy atom. The van der Waals surface area contributed by atoms with Crippen molar-refractivity contribution < 1.29 is 9.53 Å². The third-order valence-electron chi connectivity index (χ3n) is 4.88. The van der Waals surface area contributed by atoms with Crippen molar-refractivity contribution >= 4 is 34.2 Å². The topological polar surface area (TPSA) is 26.3 Å². The largest absolute Gasteiger partial charge is 0.360 e. The van der Waals surface area contributed by atoms with Crippen molar-refractivity contribution in [2.45, 2.75) is 46.3 Å². The van der Waals surface area contributed by atoms with E-state index in [0.29, 0.717) is 5.02 Å². The molecule has 2 nitrogen and oxygen atoms in total. The van der Waals surface area contributed by atoms with Crippen LogP contribution in [0.15, 0.2) is 55.1 Å². The second kappa shape index (κ2) is 8.14. The molecule has 0 spiro atoms. The van der Waals surface area contributed by atoms with E-state index >= 15 is 0 Å². The van der Waals surface area contributed by atoms with Crippen molar-refractivity contribution in [1.29, 1.82) is 0 Å². The smallest absolute Gasteiger partial charge is 0.163 e. The summed E-state index contributed by atoms with van der Waals surface area (Å²) in [6.45, 7) is 13.4. The van der Waals surface area contributed by atoms with Gasteiger partial charge in [0.2, 0.25) is 0 Å². The molecule has 3 aromatic rings. The lowest BCUT2D eigenvalue weighted by atomic mass is 9.85. The van der Waals surface area contributed by atoms with Crippen LogP contribution < -0.4 is 0 Å². The molecule has 0 radical (unpaired) electrons. The Labute approximate surface area is 178 Å². The first-order valence-corrected chi connectivity index (χ1v) is 10.1. The van der Waals surface area contributed by atoms with Crippen molar-refractivity contribution in [2.24, 2.45) is 0 Å². The van der Waals surface area contributed by atoms with E-state index in [-0.39, 0.29) is 5.78 Å². The van der Waals surface area contributed by atoms with Crippen molar-refractivity contribution in [1.82, 2.24) is 0 Å². The summed E-state index contributed by atoms with van der Waals surface area (Å²) in [5.41, 5.74) is 4.51. The van der Waals surface area contributed by atoms with E-state index in [1.54, 1.807) is 6.92 Å². The zero-order valence-corrected chi connectivity index (χ0v) is 18.4. The van der Waals surface area contributed by atoms with E-state index in [9.17, 15) is 4.79 Å². The lowest BCUT2D eigenvalue weighted by Crippen LogP contribution is -2.27. The van der Waals surface area contributed by atoms with Crippen LogP contribution in [-0.4, -0.2) is 11.4 Å². The number of fused-ring (bicyclic) bond motifs is 1. The van der Waals surface area contributed by atoms with Crippen molar-refractivity contribution in [3.8, 4) is 11.1 Å². The molecule has 3 rings (SSSR count). The summed E-state index contributed by atoms with van der Waals surface area (Å²) < 4.78 is 6.26. The van der Waals surface area contributed by atoms with Gasteiger partial charge in [0.05, 0.1) is 5.60 Å². The minimum atomic E-state index is -0.655. The number of hydrogen-bond acceptors (Lipinski definition) is 2. The van der Waals surface area contributed by atoms with Crippen LogP contribution in [0, 0.1) is 6.92 Å². The van der Waals surface area contributed by atoms with Crippen molar-refractivity contribution in [2.75, 3.05) is 0 Å². The number of halogens is 1. The minimum absolute atomic E-state index is 0.0162. The highest BCUT2D eigenvalue weighted by molar-refractivity contribution is 6.30. The summed E-state index contributed by atoms with van der Waals surface area (Å²) in [6.07, 6.45) is 1.18. The van der Waals surface area contributed by atoms with Crippen LogP contribution in [0.2, 0.25) is 5.02 Å². The first kappa shape index (κ1) is 21.3. The Balaban J connectivity index is 2.42. The second-order valence-corrected chi connectivity index (χ2v) is 8.83. The van der Waals surface area contributed by atoms with Crippen LogP contribution in [-0.2, 0) is 9.53 Å². The Hall–Kier alpha value is -2.42. The molecule has 0 heterocycles. The molecule has 3 heteroatoms. The Bertz CT molecular complexity index is 1070. The standard InChI is InChI=1S/C26H27ClO2/c1-7-18-8-9-20-14-16(2)23(25(17(3)28)29-26(4,5)6)24(22(20)15-18)19-10-12-21(27)13-11-19/h7-15,25H,1H2,2-6H3. The minimum Gasteiger partial charge on any atom is -0.360 e. The van der Waals surface area contributed by atoms with E-state index in [1.165, 1.54) is 0 Å².